The van der Waals surface area contributed by atoms with Crippen molar-refractivity contribution in [2.24, 2.45) is 10.9 Å². The van der Waals surface area contributed by atoms with Gasteiger partial charge in [0.15, 0.2) is 0 Å². The molecule has 0 atom stereocenters. The smallest absolute Gasteiger partial charge is 0.335 e. The van der Waals surface area contributed by atoms with Crippen LogP contribution in [0.1, 0.15) is 37.7 Å². The molecule has 0 unspecified atom stereocenters. The number of carbonyl (C=O) groups excluding carboxylic acids is 2. The molecule has 1 heterocycles. The van der Waals surface area contributed by atoms with Crippen LogP contribution in [0, 0.1) is 5.92 Å². The third kappa shape index (κ3) is 5.80. The maximum Gasteiger partial charge on any atom is 0.335 e. The molecule has 0 N–H and O–H groups in total. The Morgan fingerprint density at radius 2 is 1.78 bits per heavy atom. The Morgan fingerprint density at radius 1 is 1.00 bits per heavy atom. The average molecular weight is 495 g/mol. The van der Waals surface area contributed by atoms with E-state index in [2.05, 4.69) is 35.8 Å². The Balaban J connectivity index is 1.40. The van der Waals surface area contributed by atoms with E-state index in [0.717, 1.165) is 59.9 Å². The molecule has 1 saturated carbocycles. The SMILES string of the molecule is C=CC(=O)Oc1cccc(N(Cc2ccc(-c3ccc4c(c3)OCC=N4)cc2)C(=O)C2CCCCC2)c1. The van der Waals surface area contributed by atoms with E-state index in [4.69, 9.17) is 9.47 Å². The van der Waals surface area contributed by atoms with Crippen LogP contribution >= 0.6 is 0 Å². The van der Waals surface area contributed by atoms with Crippen molar-refractivity contribution in [1.29, 1.82) is 0 Å². The van der Waals surface area contributed by atoms with Gasteiger partial charge in [-0.1, -0.05) is 62.2 Å². The number of ether oxygens (including phenoxy) is 2. The van der Waals surface area contributed by atoms with Gasteiger partial charge in [0.05, 0.1) is 6.54 Å². The number of nitrogens with zero attached hydrogens (tertiary/aromatic N) is 2. The number of hydrogen-bond acceptors (Lipinski definition) is 5. The van der Waals surface area contributed by atoms with Crippen LogP contribution in [0.15, 0.2) is 84.4 Å². The van der Waals surface area contributed by atoms with Crippen LogP contribution in [0.25, 0.3) is 11.1 Å². The van der Waals surface area contributed by atoms with Gasteiger partial charge in [-0.3, -0.25) is 9.79 Å². The highest BCUT2D eigenvalue weighted by atomic mass is 16.5. The molecule has 0 aromatic heterocycles. The van der Waals surface area contributed by atoms with E-state index in [0.29, 0.717) is 24.6 Å². The first kappa shape index (κ1) is 24.5. The van der Waals surface area contributed by atoms with Crippen LogP contribution in [0.3, 0.4) is 0 Å². The van der Waals surface area contributed by atoms with Gasteiger partial charge in [-0.25, -0.2) is 4.79 Å². The quantitative estimate of drug-likeness (QED) is 0.209. The Morgan fingerprint density at radius 3 is 2.57 bits per heavy atom. The van der Waals surface area contributed by atoms with Gasteiger partial charge in [-0.15, -0.1) is 0 Å². The number of anilines is 1. The zero-order valence-electron chi connectivity index (χ0n) is 20.8. The molecule has 37 heavy (non-hydrogen) atoms. The number of benzene rings is 3. The Bertz CT molecular complexity index is 1320. The zero-order valence-corrected chi connectivity index (χ0v) is 20.8. The number of amides is 1. The van der Waals surface area contributed by atoms with E-state index in [9.17, 15) is 9.59 Å². The zero-order chi connectivity index (χ0) is 25.6. The van der Waals surface area contributed by atoms with E-state index in [1.165, 1.54) is 6.42 Å². The summed E-state index contributed by atoms with van der Waals surface area (Å²) < 4.78 is 11.0. The maximum atomic E-state index is 13.7. The molecule has 6 heteroatoms. The second-order valence-electron chi connectivity index (χ2n) is 9.38. The fourth-order valence-corrected chi connectivity index (χ4v) is 4.90. The van der Waals surface area contributed by atoms with E-state index >= 15 is 0 Å². The average Bonchev–Trinajstić information content (AvgIpc) is 2.96. The summed E-state index contributed by atoms with van der Waals surface area (Å²) in [6.45, 7) is 4.36. The van der Waals surface area contributed by atoms with Gasteiger partial charge in [-0.2, -0.15) is 0 Å². The van der Waals surface area contributed by atoms with Gasteiger partial charge >= 0.3 is 5.97 Å². The van der Waals surface area contributed by atoms with Crippen LogP contribution in [0.2, 0.25) is 0 Å². The van der Waals surface area contributed by atoms with Crippen molar-refractivity contribution in [3.8, 4) is 22.6 Å². The highest BCUT2D eigenvalue weighted by molar-refractivity contribution is 5.95. The lowest BCUT2D eigenvalue weighted by Crippen LogP contribution is -2.36. The summed E-state index contributed by atoms with van der Waals surface area (Å²) in [4.78, 5) is 31.6. The lowest BCUT2D eigenvalue weighted by molar-refractivity contribution is -0.129. The maximum absolute atomic E-state index is 13.7. The summed E-state index contributed by atoms with van der Waals surface area (Å²) in [6.07, 6.45) is 8.03. The summed E-state index contributed by atoms with van der Waals surface area (Å²) in [5, 5.41) is 0. The summed E-state index contributed by atoms with van der Waals surface area (Å²) in [5.74, 6) is 0.759. The van der Waals surface area contributed by atoms with Gasteiger partial charge in [0, 0.05) is 30.0 Å². The molecule has 6 nitrogen and oxygen atoms in total. The van der Waals surface area contributed by atoms with E-state index in [1.807, 2.05) is 29.2 Å². The standard InChI is InChI=1S/C31H30N2O4/c1-2-30(34)37-27-10-6-9-26(20-27)33(31(35)24-7-4-3-5-8-24)21-22-11-13-23(14-12-22)25-15-16-28-29(19-25)36-18-17-32-28/h2,6,9-17,19-20,24H,1,3-5,7-8,18,21H2. The number of rotatable bonds is 7. The van der Waals surface area contributed by atoms with Crippen LogP contribution in [-0.4, -0.2) is 24.7 Å². The number of hydrogen-bond donors (Lipinski definition) is 0. The van der Waals surface area contributed by atoms with Crippen molar-refractivity contribution in [3.63, 3.8) is 0 Å². The molecule has 1 aliphatic heterocycles. The van der Waals surface area contributed by atoms with Crippen molar-refractivity contribution in [2.45, 2.75) is 38.6 Å². The molecule has 5 rings (SSSR count). The number of fused-ring (bicyclic) bond motifs is 1. The largest absolute Gasteiger partial charge is 0.486 e. The highest BCUT2D eigenvalue weighted by Gasteiger charge is 2.27. The van der Waals surface area contributed by atoms with Crippen molar-refractivity contribution < 1.29 is 19.1 Å². The lowest BCUT2D eigenvalue weighted by atomic mass is 9.88. The van der Waals surface area contributed by atoms with Crippen LogP contribution in [-0.2, 0) is 16.1 Å². The molecule has 1 fully saturated rings. The predicted molar refractivity (Wildman–Crippen MR) is 146 cm³/mol. The molecule has 0 radical (unpaired) electrons. The van der Waals surface area contributed by atoms with Crippen molar-refractivity contribution in [2.75, 3.05) is 11.5 Å². The van der Waals surface area contributed by atoms with Crippen LogP contribution in [0.5, 0.6) is 11.5 Å². The minimum absolute atomic E-state index is 0.00515. The molecular formula is C31H30N2O4. The van der Waals surface area contributed by atoms with Gasteiger partial charge in [0.2, 0.25) is 5.91 Å². The third-order valence-electron chi connectivity index (χ3n) is 6.87. The van der Waals surface area contributed by atoms with Gasteiger partial charge < -0.3 is 14.4 Å². The third-order valence-corrected chi connectivity index (χ3v) is 6.87. The molecule has 0 spiro atoms. The van der Waals surface area contributed by atoms with Crippen molar-refractivity contribution in [3.05, 3.63) is 84.9 Å². The second-order valence-corrected chi connectivity index (χ2v) is 9.38. The fraction of sp³-hybridized carbons (Fsp3) is 0.258. The van der Waals surface area contributed by atoms with E-state index in [-0.39, 0.29) is 11.8 Å². The minimum Gasteiger partial charge on any atom is -0.486 e. The fourth-order valence-electron chi connectivity index (χ4n) is 4.90. The lowest BCUT2D eigenvalue weighted by Gasteiger charge is -2.30. The summed E-state index contributed by atoms with van der Waals surface area (Å²) in [5.41, 5.74) is 4.67. The normalized spacial score (nSPS) is 14.8. The highest BCUT2D eigenvalue weighted by Crippen LogP contribution is 2.35. The van der Waals surface area contributed by atoms with Gasteiger partial charge in [0.1, 0.15) is 23.8 Å². The van der Waals surface area contributed by atoms with Crippen molar-refractivity contribution >= 4 is 29.5 Å². The van der Waals surface area contributed by atoms with Crippen LogP contribution in [0.4, 0.5) is 11.4 Å². The minimum atomic E-state index is -0.530. The molecule has 1 amide bonds. The van der Waals surface area contributed by atoms with E-state index < -0.39 is 5.97 Å². The van der Waals surface area contributed by atoms with Gasteiger partial charge in [-0.05, 0) is 53.8 Å². The van der Waals surface area contributed by atoms with Crippen LogP contribution < -0.4 is 14.4 Å². The molecule has 188 valence electrons. The first-order chi connectivity index (χ1) is 18.1. The summed E-state index contributed by atoms with van der Waals surface area (Å²) in [7, 11) is 0. The Hall–Kier alpha value is -4.19. The first-order valence-corrected chi connectivity index (χ1v) is 12.7. The van der Waals surface area contributed by atoms with Crippen molar-refractivity contribution in [1.82, 2.24) is 0 Å². The first-order valence-electron chi connectivity index (χ1n) is 12.7. The monoisotopic (exact) mass is 494 g/mol. The molecule has 0 bridgehead atoms. The molecule has 1 aliphatic carbocycles. The van der Waals surface area contributed by atoms with E-state index in [1.54, 1.807) is 24.4 Å². The molecular weight excluding hydrogens is 464 g/mol. The molecule has 3 aromatic rings. The Labute approximate surface area is 217 Å². The summed E-state index contributed by atoms with van der Waals surface area (Å²) in [6, 6.07) is 21.4. The molecule has 0 saturated heterocycles. The molecule has 2 aliphatic rings. The number of carbonyl (C=O) groups is 2. The number of aliphatic imine (C=N–C) groups is 1. The Kier molecular flexibility index (Phi) is 7.45. The second kappa shape index (κ2) is 11.2. The number of esters is 1. The topological polar surface area (TPSA) is 68.2 Å². The molecule has 3 aromatic carbocycles. The predicted octanol–water partition coefficient (Wildman–Crippen LogP) is 6.65. The summed E-state index contributed by atoms with van der Waals surface area (Å²) >= 11 is 0. The van der Waals surface area contributed by atoms with Gasteiger partial charge in [0.25, 0.3) is 0 Å².